The van der Waals surface area contributed by atoms with Gasteiger partial charge in [0.2, 0.25) is 0 Å². The molecule has 1 aliphatic heterocycles. The molecule has 4 N–H and O–H groups in total. The number of alkyl halides is 3. The molecule has 5 rings (SSSR count). The van der Waals surface area contributed by atoms with Crippen molar-refractivity contribution in [2.75, 3.05) is 17.6 Å². The maximum absolute atomic E-state index is 12.9. The van der Waals surface area contributed by atoms with Gasteiger partial charge in [0.1, 0.15) is 28.7 Å². The number of aromatic nitrogens is 4. The monoisotopic (exact) mass is 467 g/mol. The second-order valence-electron chi connectivity index (χ2n) is 7.96. The highest BCUT2D eigenvalue weighted by atomic mass is 19.4. The summed E-state index contributed by atoms with van der Waals surface area (Å²) in [7, 11) is 0. The zero-order valence-electron chi connectivity index (χ0n) is 17.8. The molecular formula is C23H20F3N7O. The molecule has 0 unspecified atom stereocenters. The van der Waals surface area contributed by atoms with Gasteiger partial charge in [0.05, 0.1) is 11.6 Å². The summed E-state index contributed by atoms with van der Waals surface area (Å²) in [6, 6.07) is 8.32. The Bertz CT molecular complexity index is 1360. The lowest BCUT2D eigenvalue weighted by molar-refractivity contribution is -0.137. The van der Waals surface area contributed by atoms with Crippen molar-refractivity contribution in [3.63, 3.8) is 0 Å². The first-order valence-corrected chi connectivity index (χ1v) is 10.6. The van der Waals surface area contributed by atoms with E-state index in [-0.39, 0.29) is 17.4 Å². The molecule has 174 valence electrons. The average molecular weight is 467 g/mol. The molecule has 0 spiro atoms. The molecular weight excluding hydrogens is 447 g/mol. The van der Waals surface area contributed by atoms with Crippen LogP contribution in [0.3, 0.4) is 0 Å². The standard InChI is InChI=1S/C23H20F3N7O/c24-23(25,26)15-7-9-29-17(12-15)31-22(34)14-5-3-13(4-6-14)18-19-20(27)30-10-11-33(19)21(32-18)16-2-1-8-28-16/h3-7,9-12,16,28H,1-2,8H2,(H2,27,30)(H,29,31,34)/t16-/m0/s1. The fourth-order valence-electron chi connectivity index (χ4n) is 4.08. The second kappa shape index (κ2) is 8.41. The summed E-state index contributed by atoms with van der Waals surface area (Å²) in [5, 5.41) is 5.84. The summed E-state index contributed by atoms with van der Waals surface area (Å²) >= 11 is 0. The van der Waals surface area contributed by atoms with Crippen LogP contribution in [-0.4, -0.2) is 31.8 Å². The van der Waals surface area contributed by atoms with Crippen LogP contribution in [0.15, 0.2) is 55.0 Å². The number of benzene rings is 1. The first-order valence-electron chi connectivity index (χ1n) is 10.6. The van der Waals surface area contributed by atoms with Gasteiger partial charge < -0.3 is 16.4 Å². The summed E-state index contributed by atoms with van der Waals surface area (Å²) < 4.78 is 40.7. The summed E-state index contributed by atoms with van der Waals surface area (Å²) in [6.07, 6.45) is 1.94. The van der Waals surface area contributed by atoms with Crippen molar-refractivity contribution in [2.45, 2.75) is 25.1 Å². The number of nitrogen functional groups attached to an aromatic ring is 1. The van der Waals surface area contributed by atoms with E-state index in [2.05, 4.69) is 20.6 Å². The molecule has 8 nitrogen and oxygen atoms in total. The number of nitrogens with zero attached hydrogens (tertiary/aromatic N) is 4. The van der Waals surface area contributed by atoms with Crippen molar-refractivity contribution in [1.29, 1.82) is 0 Å². The highest BCUT2D eigenvalue weighted by Gasteiger charge is 2.31. The number of carbonyl (C=O) groups excluding carboxylic acids is 1. The van der Waals surface area contributed by atoms with E-state index in [1.165, 1.54) is 0 Å². The first-order chi connectivity index (χ1) is 16.3. The molecule has 0 radical (unpaired) electrons. The minimum atomic E-state index is -4.53. The minimum Gasteiger partial charge on any atom is -0.382 e. The summed E-state index contributed by atoms with van der Waals surface area (Å²) in [4.78, 5) is 25.4. The van der Waals surface area contributed by atoms with E-state index in [0.717, 1.165) is 49.1 Å². The Kier molecular flexibility index (Phi) is 5.40. The molecule has 0 bridgehead atoms. The zero-order valence-corrected chi connectivity index (χ0v) is 17.8. The summed E-state index contributed by atoms with van der Waals surface area (Å²) in [6.45, 7) is 0.917. The molecule has 34 heavy (non-hydrogen) atoms. The topological polar surface area (TPSA) is 110 Å². The number of fused-ring (bicyclic) bond motifs is 1. The number of pyridine rings is 1. The van der Waals surface area contributed by atoms with Gasteiger partial charge in [-0.3, -0.25) is 9.20 Å². The maximum Gasteiger partial charge on any atom is 0.416 e. The Labute approximate surface area is 192 Å². The smallest absolute Gasteiger partial charge is 0.382 e. The maximum atomic E-state index is 12.9. The molecule has 3 aromatic heterocycles. The predicted molar refractivity (Wildman–Crippen MR) is 120 cm³/mol. The quantitative estimate of drug-likeness (QED) is 0.417. The number of carbonyl (C=O) groups is 1. The summed E-state index contributed by atoms with van der Waals surface area (Å²) in [5.41, 5.74) is 7.59. The number of nitrogens with two attached hydrogens (primary N) is 1. The number of hydrogen-bond acceptors (Lipinski definition) is 6. The molecule has 11 heteroatoms. The minimum absolute atomic E-state index is 0.105. The first kappa shape index (κ1) is 21.8. The van der Waals surface area contributed by atoms with Crippen LogP contribution in [0.5, 0.6) is 0 Å². The Morgan fingerprint density at radius 2 is 1.94 bits per heavy atom. The van der Waals surface area contributed by atoms with Crippen molar-refractivity contribution < 1.29 is 18.0 Å². The molecule has 4 aromatic rings. The third-order valence-corrected chi connectivity index (χ3v) is 5.73. The molecule has 1 aliphatic rings. The SMILES string of the molecule is Nc1nccn2c([C@@H]3CCCN3)nc(-c3ccc(C(=O)Nc4cc(C(F)(F)F)ccn4)cc3)c12. The number of nitrogens with one attached hydrogen (secondary N) is 2. The van der Waals surface area contributed by atoms with Crippen LogP contribution in [0.25, 0.3) is 16.8 Å². The van der Waals surface area contributed by atoms with E-state index in [9.17, 15) is 18.0 Å². The highest BCUT2D eigenvalue weighted by Crippen LogP contribution is 2.33. The van der Waals surface area contributed by atoms with Gasteiger partial charge in [-0.15, -0.1) is 0 Å². The lowest BCUT2D eigenvalue weighted by atomic mass is 10.1. The third-order valence-electron chi connectivity index (χ3n) is 5.73. The van der Waals surface area contributed by atoms with E-state index < -0.39 is 17.6 Å². The van der Waals surface area contributed by atoms with E-state index in [4.69, 9.17) is 10.7 Å². The Morgan fingerprint density at radius 1 is 1.15 bits per heavy atom. The van der Waals surface area contributed by atoms with Crippen LogP contribution in [0, 0.1) is 0 Å². The molecule has 1 amide bonds. The van der Waals surface area contributed by atoms with Crippen molar-refractivity contribution in [1.82, 2.24) is 24.7 Å². The van der Waals surface area contributed by atoms with E-state index in [1.807, 2.05) is 10.6 Å². The van der Waals surface area contributed by atoms with Gasteiger partial charge >= 0.3 is 6.18 Å². The van der Waals surface area contributed by atoms with E-state index in [0.29, 0.717) is 17.0 Å². The molecule has 1 fully saturated rings. The van der Waals surface area contributed by atoms with Crippen molar-refractivity contribution in [3.05, 3.63) is 71.9 Å². The number of anilines is 2. The second-order valence-corrected chi connectivity index (χ2v) is 7.96. The van der Waals surface area contributed by atoms with E-state index in [1.54, 1.807) is 30.5 Å². The fourth-order valence-corrected chi connectivity index (χ4v) is 4.08. The van der Waals surface area contributed by atoms with Gasteiger partial charge in [0.25, 0.3) is 5.91 Å². The van der Waals surface area contributed by atoms with Gasteiger partial charge in [0, 0.05) is 29.7 Å². The molecule has 0 saturated carbocycles. The molecule has 4 heterocycles. The molecule has 0 aliphatic carbocycles. The molecule has 1 aromatic carbocycles. The van der Waals surface area contributed by atoms with Gasteiger partial charge in [-0.2, -0.15) is 13.2 Å². The zero-order chi connectivity index (χ0) is 23.9. The van der Waals surface area contributed by atoms with Crippen LogP contribution < -0.4 is 16.4 Å². The summed E-state index contributed by atoms with van der Waals surface area (Å²) in [5.74, 6) is 0.419. The number of hydrogen-bond donors (Lipinski definition) is 3. The van der Waals surface area contributed by atoms with Crippen LogP contribution in [0.1, 0.15) is 40.6 Å². The van der Waals surface area contributed by atoms with Crippen molar-refractivity contribution in [2.24, 2.45) is 0 Å². The van der Waals surface area contributed by atoms with Gasteiger partial charge in [0.15, 0.2) is 0 Å². The molecule has 1 saturated heterocycles. The lowest BCUT2D eigenvalue weighted by Crippen LogP contribution is -2.16. The van der Waals surface area contributed by atoms with Gasteiger partial charge in [-0.1, -0.05) is 12.1 Å². The number of rotatable bonds is 4. The van der Waals surface area contributed by atoms with E-state index >= 15 is 0 Å². The Hall–Kier alpha value is -3.99. The predicted octanol–water partition coefficient (Wildman–Crippen LogP) is 4.07. The highest BCUT2D eigenvalue weighted by molar-refractivity contribution is 6.04. The number of imidazole rings is 1. The molecule has 1 atom stereocenters. The third kappa shape index (κ3) is 4.05. The van der Waals surface area contributed by atoms with Crippen molar-refractivity contribution in [3.8, 4) is 11.3 Å². The van der Waals surface area contributed by atoms with Gasteiger partial charge in [-0.05, 0) is 43.7 Å². The Balaban J connectivity index is 1.43. The largest absolute Gasteiger partial charge is 0.416 e. The Morgan fingerprint density at radius 3 is 2.65 bits per heavy atom. The normalized spacial score (nSPS) is 16.1. The number of amides is 1. The average Bonchev–Trinajstić information content (AvgIpc) is 3.47. The van der Waals surface area contributed by atoms with Crippen molar-refractivity contribution >= 4 is 23.1 Å². The van der Waals surface area contributed by atoms with Crippen LogP contribution >= 0.6 is 0 Å². The van der Waals surface area contributed by atoms with Crippen LogP contribution in [0.2, 0.25) is 0 Å². The van der Waals surface area contributed by atoms with Gasteiger partial charge in [-0.25, -0.2) is 15.0 Å². The van der Waals surface area contributed by atoms with Crippen LogP contribution in [0.4, 0.5) is 24.8 Å². The lowest BCUT2D eigenvalue weighted by Gasteiger charge is -2.09. The fraction of sp³-hybridized carbons (Fsp3) is 0.217. The number of halogens is 3. The van der Waals surface area contributed by atoms with Crippen LogP contribution in [-0.2, 0) is 6.18 Å².